The number of carbonyl (C=O) groups excluding carboxylic acids is 1. The average Bonchev–Trinajstić information content (AvgIpc) is 2.78. The van der Waals surface area contributed by atoms with Gasteiger partial charge in [0.2, 0.25) is 10.0 Å². The van der Waals surface area contributed by atoms with Crippen LogP contribution in [0.3, 0.4) is 0 Å². The summed E-state index contributed by atoms with van der Waals surface area (Å²) >= 11 is 0. The summed E-state index contributed by atoms with van der Waals surface area (Å²) < 4.78 is 28.1. The Labute approximate surface area is 181 Å². The summed E-state index contributed by atoms with van der Waals surface area (Å²) in [7, 11) is -3.70. The van der Waals surface area contributed by atoms with E-state index in [0.29, 0.717) is 50.7 Å². The molecule has 4 rings (SSSR count). The number of hydrogen-bond donors (Lipinski definition) is 2. The Morgan fingerprint density at radius 3 is 2.52 bits per heavy atom. The van der Waals surface area contributed by atoms with E-state index in [4.69, 9.17) is 9.88 Å². The molecule has 1 fully saturated rings. The van der Waals surface area contributed by atoms with Gasteiger partial charge in [-0.05, 0) is 36.2 Å². The fourth-order valence-corrected chi connectivity index (χ4v) is 4.08. The fraction of sp³-hybridized carbons (Fsp3) is 0.273. The zero-order valence-electron chi connectivity index (χ0n) is 17.0. The number of anilines is 1. The summed E-state index contributed by atoms with van der Waals surface area (Å²) in [6.07, 6.45) is 0.659. The number of nitrogens with one attached hydrogen (secondary N) is 1. The number of benzene rings is 2. The van der Waals surface area contributed by atoms with Crippen LogP contribution in [-0.4, -0.2) is 57.1 Å². The first-order valence-corrected chi connectivity index (χ1v) is 11.6. The fourth-order valence-electron chi connectivity index (χ4n) is 3.56. The lowest BCUT2D eigenvalue weighted by molar-refractivity contribution is 0.0304. The Morgan fingerprint density at radius 1 is 1.10 bits per heavy atom. The van der Waals surface area contributed by atoms with Crippen LogP contribution in [0.4, 0.5) is 5.82 Å². The van der Waals surface area contributed by atoms with Crippen LogP contribution >= 0.6 is 0 Å². The lowest BCUT2D eigenvalue weighted by Gasteiger charge is -2.27. The molecule has 2 heterocycles. The van der Waals surface area contributed by atoms with Crippen molar-refractivity contribution in [3.63, 3.8) is 0 Å². The first-order chi connectivity index (χ1) is 14.9. The summed E-state index contributed by atoms with van der Waals surface area (Å²) in [6, 6.07) is 15.9. The van der Waals surface area contributed by atoms with Crippen LogP contribution in [0.5, 0.6) is 0 Å². The number of primary sulfonamides is 1. The molecule has 0 unspecified atom stereocenters. The number of hydrogen-bond acceptors (Lipinski definition) is 6. The molecule has 1 saturated heterocycles. The Hall–Kier alpha value is -3.01. The third-order valence-electron chi connectivity index (χ3n) is 5.22. The van der Waals surface area contributed by atoms with E-state index in [1.54, 1.807) is 18.2 Å². The third kappa shape index (κ3) is 5.01. The first kappa shape index (κ1) is 21.2. The highest BCUT2D eigenvalue weighted by Crippen LogP contribution is 2.23. The van der Waals surface area contributed by atoms with E-state index < -0.39 is 10.0 Å². The van der Waals surface area contributed by atoms with Crippen LogP contribution in [-0.2, 0) is 21.2 Å². The van der Waals surface area contributed by atoms with E-state index in [0.717, 1.165) is 16.5 Å². The SMILES string of the molecule is NS(=O)(=O)c1ccc(CCNc2cc(C(=O)N3CCOCC3)c3ccccc3n2)cc1. The van der Waals surface area contributed by atoms with Crippen LogP contribution in [0.1, 0.15) is 15.9 Å². The van der Waals surface area contributed by atoms with Crippen molar-refractivity contribution in [3.8, 4) is 0 Å². The number of morpholine rings is 1. The molecule has 1 aromatic heterocycles. The van der Waals surface area contributed by atoms with Crippen molar-refractivity contribution in [3.05, 3.63) is 65.7 Å². The Balaban J connectivity index is 1.50. The summed E-state index contributed by atoms with van der Waals surface area (Å²) in [5.74, 6) is 0.597. The van der Waals surface area contributed by atoms with Gasteiger partial charge in [0.25, 0.3) is 5.91 Å². The van der Waals surface area contributed by atoms with Gasteiger partial charge in [0.1, 0.15) is 5.82 Å². The number of carbonyl (C=O) groups is 1. The molecule has 0 spiro atoms. The molecule has 0 bridgehead atoms. The van der Waals surface area contributed by atoms with E-state index in [2.05, 4.69) is 10.3 Å². The number of aromatic nitrogens is 1. The standard InChI is InChI=1S/C22H24N4O4S/c23-31(28,29)17-7-5-16(6-8-17)9-10-24-21-15-19(18-3-1-2-4-20(18)25-21)22(27)26-11-13-30-14-12-26/h1-8,15H,9-14H2,(H,24,25)(H2,23,28,29). The van der Waals surface area contributed by atoms with E-state index in [9.17, 15) is 13.2 Å². The second-order valence-electron chi connectivity index (χ2n) is 7.34. The molecule has 0 atom stereocenters. The number of para-hydroxylation sites is 1. The van der Waals surface area contributed by atoms with E-state index >= 15 is 0 Å². The number of fused-ring (bicyclic) bond motifs is 1. The highest BCUT2D eigenvalue weighted by atomic mass is 32.2. The Kier molecular flexibility index (Phi) is 6.17. The van der Waals surface area contributed by atoms with E-state index in [-0.39, 0.29) is 10.8 Å². The minimum atomic E-state index is -3.70. The van der Waals surface area contributed by atoms with Gasteiger partial charge in [0.05, 0.1) is 29.2 Å². The van der Waals surface area contributed by atoms with Crippen molar-refractivity contribution in [2.45, 2.75) is 11.3 Å². The quantitative estimate of drug-likeness (QED) is 0.606. The number of amides is 1. The van der Waals surface area contributed by atoms with Crippen molar-refractivity contribution < 1.29 is 17.9 Å². The summed E-state index contributed by atoms with van der Waals surface area (Å²) in [6.45, 7) is 2.82. The molecular weight excluding hydrogens is 416 g/mol. The number of nitrogens with two attached hydrogens (primary N) is 1. The summed E-state index contributed by atoms with van der Waals surface area (Å²) in [4.78, 5) is 19.7. The first-order valence-electron chi connectivity index (χ1n) is 10.0. The molecule has 0 saturated carbocycles. The molecule has 3 N–H and O–H groups in total. The van der Waals surface area contributed by atoms with Crippen molar-refractivity contribution in [2.75, 3.05) is 38.2 Å². The molecule has 31 heavy (non-hydrogen) atoms. The topological polar surface area (TPSA) is 115 Å². The van der Waals surface area contributed by atoms with Gasteiger partial charge in [-0.3, -0.25) is 4.79 Å². The average molecular weight is 441 g/mol. The minimum Gasteiger partial charge on any atom is -0.378 e. The molecule has 8 nitrogen and oxygen atoms in total. The van der Waals surface area contributed by atoms with Gasteiger partial charge in [0, 0.05) is 25.0 Å². The molecule has 9 heteroatoms. The van der Waals surface area contributed by atoms with Gasteiger partial charge < -0.3 is 15.0 Å². The van der Waals surface area contributed by atoms with Crippen molar-refractivity contribution >= 4 is 32.7 Å². The minimum absolute atomic E-state index is 0.0245. The zero-order valence-corrected chi connectivity index (χ0v) is 17.8. The lowest BCUT2D eigenvalue weighted by Crippen LogP contribution is -2.40. The molecular formula is C22H24N4O4S. The second-order valence-corrected chi connectivity index (χ2v) is 8.90. The summed E-state index contributed by atoms with van der Waals surface area (Å²) in [5, 5.41) is 9.24. The number of nitrogens with zero attached hydrogens (tertiary/aromatic N) is 2. The Bertz CT molecular complexity index is 1190. The van der Waals surface area contributed by atoms with Gasteiger partial charge in [-0.1, -0.05) is 30.3 Å². The normalized spacial score (nSPS) is 14.5. The molecule has 0 aliphatic carbocycles. The highest BCUT2D eigenvalue weighted by molar-refractivity contribution is 7.89. The van der Waals surface area contributed by atoms with Crippen LogP contribution in [0, 0.1) is 0 Å². The van der Waals surface area contributed by atoms with Crippen LogP contribution in [0.2, 0.25) is 0 Å². The smallest absolute Gasteiger partial charge is 0.254 e. The zero-order chi connectivity index (χ0) is 21.8. The maximum absolute atomic E-state index is 13.1. The number of sulfonamides is 1. The molecule has 1 aliphatic rings. The molecule has 1 aliphatic heterocycles. The number of rotatable bonds is 6. The van der Waals surface area contributed by atoms with Gasteiger partial charge in [0.15, 0.2) is 0 Å². The largest absolute Gasteiger partial charge is 0.378 e. The monoisotopic (exact) mass is 440 g/mol. The lowest BCUT2D eigenvalue weighted by atomic mass is 10.1. The van der Waals surface area contributed by atoms with Crippen molar-refractivity contribution in [1.82, 2.24) is 9.88 Å². The van der Waals surface area contributed by atoms with Crippen molar-refractivity contribution in [2.24, 2.45) is 5.14 Å². The van der Waals surface area contributed by atoms with E-state index in [1.165, 1.54) is 12.1 Å². The van der Waals surface area contributed by atoms with Crippen LogP contribution in [0.15, 0.2) is 59.5 Å². The highest BCUT2D eigenvalue weighted by Gasteiger charge is 2.21. The number of ether oxygens (including phenoxy) is 1. The van der Waals surface area contributed by atoms with Gasteiger partial charge in [-0.2, -0.15) is 0 Å². The van der Waals surface area contributed by atoms with E-state index in [1.807, 2.05) is 29.2 Å². The molecule has 3 aromatic rings. The predicted molar refractivity (Wildman–Crippen MR) is 118 cm³/mol. The maximum atomic E-state index is 13.1. The second kappa shape index (κ2) is 9.01. The molecule has 1 amide bonds. The summed E-state index contributed by atoms with van der Waals surface area (Å²) in [5.41, 5.74) is 2.33. The third-order valence-corrected chi connectivity index (χ3v) is 6.15. The van der Waals surface area contributed by atoms with Crippen molar-refractivity contribution in [1.29, 1.82) is 0 Å². The Morgan fingerprint density at radius 2 is 1.81 bits per heavy atom. The predicted octanol–water partition coefficient (Wildman–Crippen LogP) is 2.01. The molecule has 0 radical (unpaired) electrons. The van der Waals surface area contributed by atoms with Crippen LogP contribution in [0.25, 0.3) is 10.9 Å². The number of pyridine rings is 1. The molecule has 162 valence electrons. The van der Waals surface area contributed by atoms with Gasteiger partial charge in [-0.15, -0.1) is 0 Å². The van der Waals surface area contributed by atoms with Crippen LogP contribution < -0.4 is 10.5 Å². The molecule has 2 aromatic carbocycles. The van der Waals surface area contributed by atoms with Gasteiger partial charge in [-0.25, -0.2) is 18.5 Å². The van der Waals surface area contributed by atoms with Gasteiger partial charge >= 0.3 is 0 Å². The maximum Gasteiger partial charge on any atom is 0.254 e.